The second-order valence-corrected chi connectivity index (χ2v) is 5.12. The number of aryl methyl sites for hydroxylation is 1. The molecule has 4 nitrogen and oxygen atoms in total. The third-order valence-electron chi connectivity index (χ3n) is 3.21. The number of nitrogens with one attached hydrogen (secondary N) is 1. The highest BCUT2D eigenvalue weighted by atomic mass is 16.1. The first kappa shape index (κ1) is 14.1. The maximum absolute atomic E-state index is 12.3. The molecule has 0 fully saturated rings. The van der Waals surface area contributed by atoms with Gasteiger partial charge in [0.1, 0.15) is 5.82 Å². The lowest BCUT2D eigenvalue weighted by Gasteiger charge is -2.16. The fourth-order valence-corrected chi connectivity index (χ4v) is 2.07. The lowest BCUT2D eigenvalue weighted by molar-refractivity contribution is 0.102. The molecule has 0 bridgehead atoms. The van der Waals surface area contributed by atoms with Gasteiger partial charge in [0.25, 0.3) is 5.91 Å². The van der Waals surface area contributed by atoms with Gasteiger partial charge in [-0.3, -0.25) is 4.79 Å². The topological polar surface area (TPSA) is 68.0 Å². The number of nitrogens with two attached hydrogens (primary N) is 1. The summed E-state index contributed by atoms with van der Waals surface area (Å²) < 4.78 is 0. The molecular weight excluding hydrogens is 250 g/mol. The summed E-state index contributed by atoms with van der Waals surface area (Å²) in [5, 5.41) is 2.98. The van der Waals surface area contributed by atoms with Crippen LogP contribution in [0.15, 0.2) is 36.5 Å². The summed E-state index contributed by atoms with van der Waals surface area (Å²) in [4.78, 5) is 16.2. The second kappa shape index (κ2) is 5.74. The molecule has 0 spiro atoms. The van der Waals surface area contributed by atoms with E-state index in [1.807, 2.05) is 25.1 Å². The number of anilines is 2. The normalized spacial score (nSPS) is 10.6. The molecule has 1 heterocycles. The molecule has 0 saturated carbocycles. The van der Waals surface area contributed by atoms with Crippen molar-refractivity contribution in [2.24, 2.45) is 0 Å². The summed E-state index contributed by atoms with van der Waals surface area (Å²) in [6.45, 7) is 6.20. The van der Waals surface area contributed by atoms with Crippen LogP contribution in [0.4, 0.5) is 11.5 Å². The molecule has 0 unspecified atom stereocenters. The highest BCUT2D eigenvalue weighted by Gasteiger charge is 2.13. The minimum atomic E-state index is -0.172. The molecule has 1 amide bonds. The van der Waals surface area contributed by atoms with Crippen molar-refractivity contribution < 1.29 is 4.79 Å². The lowest BCUT2D eigenvalue weighted by atomic mass is 9.98. The SMILES string of the molecule is Cc1cccc(C(C)C)c1NC(=O)c1ccc(N)nc1. The van der Waals surface area contributed by atoms with Crippen LogP contribution in [-0.2, 0) is 0 Å². The van der Waals surface area contributed by atoms with Gasteiger partial charge < -0.3 is 11.1 Å². The molecule has 0 saturated heterocycles. The van der Waals surface area contributed by atoms with Gasteiger partial charge in [-0.25, -0.2) is 4.98 Å². The molecule has 4 heteroatoms. The van der Waals surface area contributed by atoms with Crippen LogP contribution in [0, 0.1) is 6.92 Å². The highest BCUT2D eigenvalue weighted by molar-refractivity contribution is 6.05. The number of benzene rings is 1. The van der Waals surface area contributed by atoms with E-state index in [1.54, 1.807) is 12.1 Å². The molecule has 0 aliphatic rings. The highest BCUT2D eigenvalue weighted by Crippen LogP contribution is 2.27. The van der Waals surface area contributed by atoms with Gasteiger partial charge in [-0.15, -0.1) is 0 Å². The first-order valence-corrected chi connectivity index (χ1v) is 6.61. The van der Waals surface area contributed by atoms with Crippen molar-refractivity contribution in [3.63, 3.8) is 0 Å². The monoisotopic (exact) mass is 269 g/mol. The van der Waals surface area contributed by atoms with E-state index in [-0.39, 0.29) is 5.91 Å². The number of rotatable bonds is 3. The van der Waals surface area contributed by atoms with Gasteiger partial charge in [0.05, 0.1) is 5.56 Å². The van der Waals surface area contributed by atoms with Crippen molar-refractivity contribution >= 4 is 17.4 Å². The number of pyridine rings is 1. The van der Waals surface area contributed by atoms with E-state index >= 15 is 0 Å². The second-order valence-electron chi connectivity index (χ2n) is 5.12. The maximum Gasteiger partial charge on any atom is 0.257 e. The van der Waals surface area contributed by atoms with Crippen LogP contribution >= 0.6 is 0 Å². The predicted molar refractivity (Wildman–Crippen MR) is 81.9 cm³/mol. The molecule has 2 rings (SSSR count). The summed E-state index contributed by atoms with van der Waals surface area (Å²) in [6, 6.07) is 9.32. The van der Waals surface area contributed by atoms with Crippen LogP contribution in [-0.4, -0.2) is 10.9 Å². The summed E-state index contributed by atoms with van der Waals surface area (Å²) >= 11 is 0. The number of para-hydroxylation sites is 1. The van der Waals surface area contributed by atoms with Gasteiger partial charge in [0, 0.05) is 11.9 Å². The Hall–Kier alpha value is -2.36. The van der Waals surface area contributed by atoms with Crippen LogP contribution in [0.1, 0.15) is 41.3 Å². The summed E-state index contributed by atoms with van der Waals surface area (Å²) in [6.07, 6.45) is 1.48. The van der Waals surface area contributed by atoms with E-state index in [0.29, 0.717) is 17.3 Å². The van der Waals surface area contributed by atoms with Crippen molar-refractivity contribution in [3.8, 4) is 0 Å². The van der Waals surface area contributed by atoms with E-state index in [9.17, 15) is 4.79 Å². The summed E-state index contributed by atoms with van der Waals surface area (Å²) in [5.41, 5.74) is 9.08. The van der Waals surface area contributed by atoms with Gasteiger partial charge in [-0.2, -0.15) is 0 Å². The zero-order valence-electron chi connectivity index (χ0n) is 12.0. The minimum absolute atomic E-state index is 0.172. The molecule has 104 valence electrons. The van der Waals surface area contributed by atoms with Gasteiger partial charge in [0.2, 0.25) is 0 Å². The van der Waals surface area contributed by atoms with Crippen molar-refractivity contribution in [2.45, 2.75) is 26.7 Å². The molecular formula is C16H19N3O. The molecule has 3 N–H and O–H groups in total. The molecule has 1 aromatic carbocycles. The fraction of sp³-hybridized carbons (Fsp3) is 0.250. The molecule has 0 atom stereocenters. The Morgan fingerprint density at radius 2 is 2.00 bits per heavy atom. The average molecular weight is 269 g/mol. The van der Waals surface area contributed by atoms with Gasteiger partial charge >= 0.3 is 0 Å². The predicted octanol–water partition coefficient (Wildman–Crippen LogP) is 3.35. The Bertz CT molecular complexity index is 618. The Kier molecular flexibility index (Phi) is 4.03. The third-order valence-corrected chi connectivity index (χ3v) is 3.21. The molecule has 0 aliphatic heterocycles. The molecule has 1 aromatic heterocycles. The number of hydrogen-bond donors (Lipinski definition) is 2. The average Bonchev–Trinajstić information content (AvgIpc) is 2.41. The zero-order valence-corrected chi connectivity index (χ0v) is 12.0. The van der Waals surface area contributed by atoms with Crippen molar-refractivity contribution in [1.29, 1.82) is 0 Å². The number of nitrogens with zero attached hydrogens (tertiary/aromatic N) is 1. The number of carbonyl (C=O) groups excluding carboxylic acids is 1. The first-order chi connectivity index (χ1) is 9.49. The van der Waals surface area contributed by atoms with E-state index < -0.39 is 0 Å². The molecule has 20 heavy (non-hydrogen) atoms. The Labute approximate surface area is 119 Å². The van der Waals surface area contributed by atoms with Crippen LogP contribution in [0.5, 0.6) is 0 Å². The number of amides is 1. The minimum Gasteiger partial charge on any atom is -0.384 e. The van der Waals surface area contributed by atoms with Crippen molar-refractivity contribution in [3.05, 3.63) is 53.2 Å². The Morgan fingerprint density at radius 3 is 2.60 bits per heavy atom. The molecule has 2 aromatic rings. The quantitative estimate of drug-likeness (QED) is 0.897. The summed E-state index contributed by atoms with van der Waals surface area (Å²) in [5.74, 6) is 0.573. The Balaban J connectivity index is 2.30. The van der Waals surface area contributed by atoms with Crippen LogP contribution in [0.25, 0.3) is 0 Å². The van der Waals surface area contributed by atoms with Crippen LogP contribution in [0.3, 0.4) is 0 Å². The van der Waals surface area contributed by atoms with E-state index in [0.717, 1.165) is 16.8 Å². The largest absolute Gasteiger partial charge is 0.384 e. The molecule has 0 radical (unpaired) electrons. The van der Waals surface area contributed by atoms with Crippen LogP contribution < -0.4 is 11.1 Å². The van der Waals surface area contributed by atoms with Crippen molar-refractivity contribution in [1.82, 2.24) is 4.98 Å². The first-order valence-electron chi connectivity index (χ1n) is 6.61. The number of carbonyl (C=O) groups is 1. The number of aromatic nitrogens is 1. The standard InChI is InChI=1S/C16H19N3O/c1-10(2)13-6-4-5-11(3)15(13)19-16(20)12-7-8-14(17)18-9-12/h4-10H,1-3H3,(H2,17,18)(H,19,20). The van der Waals surface area contributed by atoms with Crippen LogP contribution in [0.2, 0.25) is 0 Å². The van der Waals surface area contributed by atoms with Gasteiger partial charge in [0.15, 0.2) is 0 Å². The Morgan fingerprint density at radius 1 is 1.25 bits per heavy atom. The zero-order chi connectivity index (χ0) is 14.7. The molecule has 0 aliphatic carbocycles. The van der Waals surface area contributed by atoms with E-state index in [1.165, 1.54) is 6.20 Å². The smallest absolute Gasteiger partial charge is 0.257 e. The third kappa shape index (κ3) is 2.96. The van der Waals surface area contributed by atoms with E-state index in [2.05, 4.69) is 24.1 Å². The van der Waals surface area contributed by atoms with E-state index in [4.69, 9.17) is 5.73 Å². The lowest BCUT2D eigenvalue weighted by Crippen LogP contribution is -2.15. The summed E-state index contributed by atoms with van der Waals surface area (Å²) in [7, 11) is 0. The van der Waals surface area contributed by atoms with Crippen molar-refractivity contribution in [2.75, 3.05) is 11.1 Å². The fourth-order valence-electron chi connectivity index (χ4n) is 2.07. The number of hydrogen-bond acceptors (Lipinski definition) is 3. The van der Waals surface area contributed by atoms with Gasteiger partial charge in [-0.05, 0) is 36.1 Å². The number of nitrogen functional groups attached to an aromatic ring is 1. The maximum atomic E-state index is 12.3. The van der Waals surface area contributed by atoms with Gasteiger partial charge in [-0.1, -0.05) is 32.0 Å².